The average molecular weight is 156 g/mol. The van der Waals surface area contributed by atoms with Crippen molar-refractivity contribution in [2.24, 2.45) is 0 Å². The lowest BCUT2D eigenvalue weighted by molar-refractivity contribution is 0.0342. The SMILES string of the molecule is CCN([C]=O)N1CCNCC1. The number of hydrogen-bond donors (Lipinski definition) is 1. The van der Waals surface area contributed by atoms with Crippen LogP contribution < -0.4 is 5.32 Å². The average Bonchev–Trinajstić information content (AvgIpc) is 2.09. The molecule has 1 saturated heterocycles. The topological polar surface area (TPSA) is 35.6 Å². The van der Waals surface area contributed by atoms with Gasteiger partial charge in [-0.25, -0.2) is 5.01 Å². The molecule has 0 spiro atoms. The molecular formula is C7H14N3O. The summed E-state index contributed by atoms with van der Waals surface area (Å²) < 4.78 is 0. The minimum atomic E-state index is 0.712. The molecule has 1 aliphatic rings. The van der Waals surface area contributed by atoms with Crippen LogP contribution in [0.1, 0.15) is 6.92 Å². The van der Waals surface area contributed by atoms with E-state index >= 15 is 0 Å². The van der Waals surface area contributed by atoms with E-state index in [0.29, 0.717) is 6.54 Å². The van der Waals surface area contributed by atoms with Crippen molar-refractivity contribution >= 4 is 6.41 Å². The van der Waals surface area contributed by atoms with Crippen molar-refractivity contribution in [1.29, 1.82) is 0 Å². The highest BCUT2D eigenvalue weighted by Gasteiger charge is 2.14. The first-order valence-electron chi connectivity index (χ1n) is 3.99. The van der Waals surface area contributed by atoms with Crippen molar-refractivity contribution < 1.29 is 4.79 Å². The summed E-state index contributed by atoms with van der Waals surface area (Å²) >= 11 is 0. The van der Waals surface area contributed by atoms with Crippen LogP contribution in [0.2, 0.25) is 0 Å². The molecule has 1 rings (SSSR count). The van der Waals surface area contributed by atoms with Gasteiger partial charge in [0.2, 0.25) is 0 Å². The van der Waals surface area contributed by atoms with Crippen LogP contribution in [0.4, 0.5) is 0 Å². The molecule has 0 saturated carbocycles. The Bertz CT molecular complexity index is 123. The number of hydrazine groups is 1. The van der Waals surface area contributed by atoms with Gasteiger partial charge in [-0.3, -0.25) is 9.80 Å². The number of amides is 1. The minimum absolute atomic E-state index is 0.712. The fraction of sp³-hybridized carbons (Fsp3) is 0.857. The van der Waals surface area contributed by atoms with E-state index in [-0.39, 0.29) is 0 Å². The van der Waals surface area contributed by atoms with Gasteiger partial charge >= 0.3 is 6.41 Å². The maximum absolute atomic E-state index is 10.4. The van der Waals surface area contributed by atoms with Crippen LogP contribution in [0.5, 0.6) is 0 Å². The lowest BCUT2D eigenvalue weighted by Gasteiger charge is -2.33. The summed E-state index contributed by atoms with van der Waals surface area (Å²) in [6, 6.07) is 0. The Morgan fingerprint density at radius 3 is 2.64 bits per heavy atom. The number of rotatable bonds is 3. The highest BCUT2D eigenvalue weighted by molar-refractivity contribution is 5.47. The van der Waals surface area contributed by atoms with Crippen LogP contribution >= 0.6 is 0 Å². The molecule has 4 heteroatoms. The molecule has 1 heterocycles. The van der Waals surface area contributed by atoms with Gasteiger partial charge in [0.1, 0.15) is 0 Å². The summed E-state index contributed by atoms with van der Waals surface area (Å²) in [4.78, 5) is 10.4. The summed E-state index contributed by atoms with van der Waals surface area (Å²) in [6.07, 6.45) is 1.90. The number of piperazine rings is 1. The van der Waals surface area contributed by atoms with Gasteiger partial charge in [-0.2, -0.15) is 0 Å². The summed E-state index contributed by atoms with van der Waals surface area (Å²) in [6.45, 7) is 6.39. The fourth-order valence-corrected chi connectivity index (χ4v) is 1.22. The third kappa shape index (κ3) is 2.17. The highest BCUT2D eigenvalue weighted by Crippen LogP contribution is 1.96. The molecule has 0 aliphatic carbocycles. The van der Waals surface area contributed by atoms with Crippen molar-refractivity contribution in [1.82, 2.24) is 15.3 Å². The molecule has 1 radical (unpaired) electrons. The van der Waals surface area contributed by atoms with E-state index in [4.69, 9.17) is 0 Å². The van der Waals surface area contributed by atoms with Crippen LogP contribution in [0, 0.1) is 0 Å². The normalized spacial score (nSPS) is 19.7. The molecule has 4 nitrogen and oxygen atoms in total. The zero-order valence-electron chi connectivity index (χ0n) is 6.84. The van der Waals surface area contributed by atoms with Gasteiger partial charge in [0, 0.05) is 32.7 Å². The van der Waals surface area contributed by atoms with E-state index in [0.717, 1.165) is 26.2 Å². The largest absolute Gasteiger partial charge is 0.327 e. The third-order valence-corrected chi connectivity index (χ3v) is 1.84. The molecule has 0 unspecified atom stereocenters. The van der Waals surface area contributed by atoms with Crippen LogP contribution in [-0.4, -0.2) is 49.2 Å². The fourth-order valence-electron chi connectivity index (χ4n) is 1.22. The van der Waals surface area contributed by atoms with Crippen molar-refractivity contribution in [3.63, 3.8) is 0 Å². The van der Waals surface area contributed by atoms with Crippen LogP contribution in [0.25, 0.3) is 0 Å². The quantitative estimate of drug-likeness (QED) is 0.543. The summed E-state index contributed by atoms with van der Waals surface area (Å²) in [5.41, 5.74) is 0. The van der Waals surface area contributed by atoms with Gasteiger partial charge in [0.25, 0.3) is 0 Å². The van der Waals surface area contributed by atoms with Gasteiger partial charge in [0.05, 0.1) is 0 Å². The molecule has 1 fully saturated rings. The van der Waals surface area contributed by atoms with Crippen molar-refractivity contribution in [2.45, 2.75) is 6.92 Å². The Morgan fingerprint density at radius 2 is 2.18 bits per heavy atom. The van der Waals surface area contributed by atoms with E-state index in [2.05, 4.69) is 5.32 Å². The minimum Gasteiger partial charge on any atom is -0.314 e. The Hall–Kier alpha value is -0.610. The van der Waals surface area contributed by atoms with Crippen molar-refractivity contribution in [3.8, 4) is 0 Å². The van der Waals surface area contributed by atoms with Gasteiger partial charge in [0.15, 0.2) is 0 Å². The molecule has 0 atom stereocenters. The molecule has 0 aromatic rings. The smallest absolute Gasteiger partial charge is 0.314 e. The van der Waals surface area contributed by atoms with Crippen molar-refractivity contribution in [3.05, 3.63) is 0 Å². The number of nitrogens with zero attached hydrogens (tertiary/aromatic N) is 2. The predicted octanol–water partition coefficient (Wildman–Crippen LogP) is -0.804. The molecule has 0 aromatic heterocycles. The number of hydrogen-bond acceptors (Lipinski definition) is 3. The van der Waals surface area contributed by atoms with Crippen LogP contribution in [0.3, 0.4) is 0 Å². The lowest BCUT2D eigenvalue weighted by Crippen LogP contribution is -2.51. The second kappa shape index (κ2) is 4.31. The van der Waals surface area contributed by atoms with Crippen LogP contribution in [-0.2, 0) is 4.79 Å². The lowest BCUT2D eigenvalue weighted by atomic mass is 10.4. The Morgan fingerprint density at radius 1 is 1.55 bits per heavy atom. The molecular weight excluding hydrogens is 142 g/mol. The molecule has 63 valence electrons. The second-order valence-corrected chi connectivity index (χ2v) is 2.51. The molecule has 1 N–H and O–H groups in total. The third-order valence-electron chi connectivity index (χ3n) is 1.84. The molecule has 11 heavy (non-hydrogen) atoms. The monoisotopic (exact) mass is 156 g/mol. The van der Waals surface area contributed by atoms with Gasteiger partial charge in [-0.05, 0) is 6.92 Å². The summed E-state index contributed by atoms with van der Waals surface area (Å²) in [7, 11) is 0. The summed E-state index contributed by atoms with van der Waals surface area (Å²) in [5, 5.41) is 6.84. The van der Waals surface area contributed by atoms with Gasteiger partial charge in [-0.15, -0.1) is 0 Å². The van der Waals surface area contributed by atoms with Gasteiger partial charge < -0.3 is 5.32 Å². The standard InChI is InChI=1S/C7H14N3O/c1-2-9(7-11)10-5-3-8-4-6-10/h8H,2-6H2,1H3. The zero-order valence-corrected chi connectivity index (χ0v) is 6.84. The molecule has 1 amide bonds. The van der Waals surface area contributed by atoms with E-state index in [9.17, 15) is 4.79 Å². The van der Waals surface area contributed by atoms with E-state index in [1.165, 1.54) is 0 Å². The Balaban J connectivity index is 2.35. The second-order valence-electron chi connectivity index (χ2n) is 2.51. The first-order valence-corrected chi connectivity index (χ1v) is 3.99. The Labute approximate surface area is 67.1 Å². The maximum atomic E-state index is 10.4. The van der Waals surface area contributed by atoms with E-state index in [1.807, 2.05) is 18.3 Å². The number of carbonyl (C=O) groups excluding carboxylic acids is 1. The summed E-state index contributed by atoms with van der Waals surface area (Å²) in [5.74, 6) is 0. The maximum Gasteiger partial charge on any atom is 0.327 e. The van der Waals surface area contributed by atoms with E-state index in [1.54, 1.807) is 5.01 Å². The Kier molecular flexibility index (Phi) is 3.32. The first-order chi connectivity index (χ1) is 5.38. The van der Waals surface area contributed by atoms with Crippen molar-refractivity contribution in [2.75, 3.05) is 32.7 Å². The predicted molar refractivity (Wildman–Crippen MR) is 42.5 cm³/mol. The molecule has 0 bridgehead atoms. The first kappa shape index (κ1) is 8.49. The van der Waals surface area contributed by atoms with Crippen LogP contribution in [0.15, 0.2) is 0 Å². The highest BCUT2D eigenvalue weighted by atomic mass is 16.1. The molecule has 0 aromatic carbocycles. The zero-order chi connectivity index (χ0) is 8.10. The van der Waals surface area contributed by atoms with Gasteiger partial charge in [-0.1, -0.05) is 0 Å². The molecule has 1 aliphatic heterocycles. The number of nitrogens with one attached hydrogen (secondary N) is 1. The van der Waals surface area contributed by atoms with E-state index < -0.39 is 0 Å².